The number of aldehydes is 1. The molecule has 1 aliphatic carbocycles. The molecule has 0 radical (unpaired) electrons. The molecule has 0 spiro atoms. The van der Waals surface area contributed by atoms with Gasteiger partial charge in [-0.2, -0.15) is 0 Å². The first-order valence-corrected chi connectivity index (χ1v) is 7.25. The molecular weight excluding hydrogens is 260 g/mol. The van der Waals surface area contributed by atoms with E-state index in [0.29, 0.717) is 6.42 Å². The van der Waals surface area contributed by atoms with Crippen molar-refractivity contribution in [2.45, 2.75) is 12.5 Å². The summed E-state index contributed by atoms with van der Waals surface area (Å²) >= 11 is 0. The first-order chi connectivity index (χ1) is 10.3. The molecule has 1 aliphatic rings. The molecule has 2 aromatic carbocycles. The highest BCUT2D eigenvalue weighted by Crippen LogP contribution is 2.37. The van der Waals surface area contributed by atoms with Crippen LogP contribution in [0.25, 0.3) is 5.57 Å². The van der Waals surface area contributed by atoms with Crippen LogP contribution < -0.4 is 0 Å². The van der Waals surface area contributed by atoms with Crippen molar-refractivity contribution in [1.29, 1.82) is 0 Å². The average Bonchev–Trinajstić information content (AvgIpc) is 2.54. The number of hydrogen-bond donors (Lipinski definition) is 1. The van der Waals surface area contributed by atoms with E-state index >= 15 is 0 Å². The van der Waals surface area contributed by atoms with Gasteiger partial charge in [0.25, 0.3) is 0 Å². The van der Waals surface area contributed by atoms with E-state index in [4.69, 9.17) is 0 Å². The highest BCUT2D eigenvalue weighted by atomic mass is 16.3. The zero-order valence-corrected chi connectivity index (χ0v) is 11.7. The Labute approximate surface area is 124 Å². The summed E-state index contributed by atoms with van der Waals surface area (Å²) in [4.78, 5) is 11.1. The number of carbonyl (C=O) groups excluding carboxylic acids is 1. The number of benzene rings is 2. The van der Waals surface area contributed by atoms with Gasteiger partial charge < -0.3 is 9.90 Å². The summed E-state index contributed by atoms with van der Waals surface area (Å²) in [5.41, 5.74) is 3.28. The first-order valence-electron chi connectivity index (χ1n) is 7.25. The van der Waals surface area contributed by atoms with E-state index in [0.717, 1.165) is 23.0 Å². The van der Waals surface area contributed by atoms with Crippen LogP contribution in [0.1, 0.15) is 17.5 Å². The molecule has 0 saturated heterocycles. The molecule has 2 aromatic rings. The monoisotopic (exact) mass is 278 g/mol. The predicted molar refractivity (Wildman–Crippen MR) is 83.6 cm³/mol. The second-order valence-corrected chi connectivity index (χ2v) is 5.49. The van der Waals surface area contributed by atoms with Crippen LogP contribution in [0.2, 0.25) is 0 Å². The van der Waals surface area contributed by atoms with Crippen molar-refractivity contribution in [3.63, 3.8) is 0 Å². The Morgan fingerprint density at radius 2 is 1.48 bits per heavy atom. The summed E-state index contributed by atoms with van der Waals surface area (Å²) in [6, 6.07) is 20.2. The maximum atomic E-state index is 11.1. The molecule has 2 heteroatoms. The van der Waals surface area contributed by atoms with E-state index in [-0.39, 0.29) is 11.8 Å². The first kappa shape index (κ1) is 13.8. The van der Waals surface area contributed by atoms with Crippen LogP contribution in [0.5, 0.6) is 0 Å². The Kier molecular flexibility index (Phi) is 3.98. The fourth-order valence-corrected chi connectivity index (χ4v) is 2.85. The van der Waals surface area contributed by atoms with Gasteiger partial charge in [-0.3, -0.25) is 0 Å². The van der Waals surface area contributed by atoms with Crippen molar-refractivity contribution < 1.29 is 9.90 Å². The Balaban J connectivity index is 2.03. The minimum atomic E-state index is -0.414. The fraction of sp³-hybridized carbons (Fsp3) is 0.211. The molecule has 1 saturated carbocycles. The summed E-state index contributed by atoms with van der Waals surface area (Å²) in [6.07, 6.45) is 3.17. The molecule has 3 rings (SSSR count). The molecule has 0 aliphatic heterocycles. The number of aliphatic hydroxyl groups excluding tert-OH is 1. The number of hydrogen-bond acceptors (Lipinski definition) is 2. The molecule has 0 amide bonds. The Hall–Kier alpha value is -2.19. The zero-order valence-electron chi connectivity index (χ0n) is 11.7. The molecule has 0 unspecified atom stereocenters. The molecule has 2 nitrogen and oxygen atoms in total. The fourth-order valence-electron chi connectivity index (χ4n) is 2.85. The van der Waals surface area contributed by atoms with Gasteiger partial charge in [0.15, 0.2) is 0 Å². The van der Waals surface area contributed by atoms with Crippen LogP contribution in [0, 0.1) is 11.8 Å². The molecular formula is C19H18O2. The Morgan fingerprint density at radius 1 is 0.952 bits per heavy atom. The lowest BCUT2D eigenvalue weighted by Crippen LogP contribution is -2.41. The van der Waals surface area contributed by atoms with E-state index in [9.17, 15) is 9.90 Å². The van der Waals surface area contributed by atoms with Gasteiger partial charge in [0, 0.05) is 11.8 Å². The van der Waals surface area contributed by atoms with Crippen LogP contribution in [0.3, 0.4) is 0 Å². The van der Waals surface area contributed by atoms with Crippen molar-refractivity contribution >= 4 is 11.9 Å². The van der Waals surface area contributed by atoms with Gasteiger partial charge in [0.2, 0.25) is 0 Å². The lowest BCUT2D eigenvalue weighted by atomic mass is 9.70. The number of carbonyl (C=O) groups is 1. The normalized spacial score (nSPS) is 24.0. The minimum Gasteiger partial charge on any atom is -0.392 e. The van der Waals surface area contributed by atoms with Crippen LogP contribution in [-0.2, 0) is 4.79 Å². The average molecular weight is 278 g/mol. The van der Waals surface area contributed by atoms with Crippen LogP contribution in [0.4, 0.5) is 0 Å². The highest BCUT2D eigenvalue weighted by molar-refractivity contribution is 5.80. The molecule has 21 heavy (non-hydrogen) atoms. The van der Waals surface area contributed by atoms with Crippen LogP contribution in [-0.4, -0.2) is 17.5 Å². The van der Waals surface area contributed by atoms with E-state index in [1.54, 1.807) is 0 Å². The summed E-state index contributed by atoms with van der Waals surface area (Å²) in [6.45, 7) is 0. The van der Waals surface area contributed by atoms with Crippen molar-refractivity contribution in [2.75, 3.05) is 0 Å². The third-order valence-corrected chi connectivity index (χ3v) is 4.16. The Morgan fingerprint density at radius 3 is 1.90 bits per heavy atom. The van der Waals surface area contributed by atoms with Gasteiger partial charge in [-0.1, -0.05) is 66.7 Å². The van der Waals surface area contributed by atoms with Crippen LogP contribution in [0.15, 0.2) is 66.7 Å². The van der Waals surface area contributed by atoms with Gasteiger partial charge in [0.1, 0.15) is 6.29 Å². The quantitative estimate of drug-likeness (QED) is 0.871. The summed E-state index contributed by atoms with van der Waals surface area (Å²) in [5, 5.41) is 9.95. The third kappa shape index (κ3) is 2.81. The number of rotatable bonds is 4. The lowest BCUT2D eigenvalue weighted by molar-refractivity contribution is -0.120. The maximum absolute atomic E-state index is 11.1. The van der Waals surface area contributed by atoms with Gasteiger partial charge in [-0.15, -0.1) is 0 Å². The second-order valence-electron chi connectivity index (χ2n) is 5.49. The molecule has 1 fully saturated rings. The minimum absolute atomic E-state index is 0.0672. The smallest absolute Gasteiger partial charge is 0.123 e. The lowest BCUT2D eigenvalue weighted by Gasteiger charge is -2.37. The number of aliphatic hydroxyl groups is 1. The van der Waals surface area contributed by atoms with Gasteiger partial charge in [-0.05, 0) is 23.1 Å². The predicted octanol–water partition coefficient (Wildman–Crippen LogP) is 3.31. The van der Waals surface area contributed by atoms with Gasteiger partial charge in [0.05, 0.1) is 6.10 Å². The molecule has 0 aromatic heterocycles. The van der Waals surface area contributed by atoms with Gasteiger partial charge in [-0.25, -0.2) is 0 Å². The summed E-state index contributed by atoms with van der Waals surface area (Å²) in [5.74, 6) is -0.152. The third-order valence-electron chi connectivity index (χ3n) is 4.16. The van der Waals surface area contributed by atoms with Gasteiger partial charge >= 0.3 is 0 Å². The molecule has 106 valence electrons. The Bertz CT molecular complexity index is 590. The summed E-state index contributed by atoms with van der Waals surface area (Å²) < 4.78 is 0. The molecule has 0 heterocycles. The van der Waals surface area contributed by atoms with E-state index in [1.807, 2.05) is 36.4 Å². The molecule has 3 atom stereocenters. The van der Waals surface area contributed by atoms with Crippen LogP contribution >= 0.6 is 0 Å². The van der Waals surface area contributed by atoms with Crippen molar-refractivity contribution in [3.8, 4) is 0 Å². The van der Waals surface area contributed by atoms with Crippen molar-refractivity contribution in [3.05, 3.63) is 77.9 Å². The van der Waals surface area contributed by atoms with E-state index < -0.39 is 6.10 Å². The topological polar surface area (TPSA) is 37.3 Å². The standard InChI is InChI=1S/C19H18O2/c20-13-16-11-19(21)18(16)12-17(14-7-3-1-4-8-14)15-9-5-2-6-10-15/h1-10,12-13,16,18-19,21H,11H2/t16-,18-,19+/m1/s1. The summed E-state index contributed by atoms with van der Waals surface area (Å²) in [7, 11) is 0. The maximum Gasteiger partial charge on any atom is 0.123 e. The van der Waals surface area contributed by atoms with Crippen molar-refractivity contribution in [1.82, 2.24) is 0 Å². The molecule has 0 bridgehead atoms. The zero-order chi connectivity index (χ0) is 14.7. The largest absolute Gasteiger partial charge is 0.392 e. The highest BCUT2D eigenvalue weighted by Gasteiger charge is 2.38. The van der Waals surface area contributed by atoms with E-state index in [2.05, 4.69) is 30.3 Å². The van der Waals surface area contributed by atoms with E-state index in [1.165, 1.54) is 0 Å². The molecule has 1 N–H and O–H groups in total. The van der Waals surface area contributed by atoms with Crippen molar-refractivity contribution in [2.24, 2.45) is 11.8 Å². The SMILES string of the molecule is O=C[C@H]1C[C@H](O)[C@@H]1C=C(c1ccccc1)c1ccccc1. The second kappa shape index (κ2) is 6.06.